The van der Waals surface area contributed by atoms with Crippen LogP contribution in [0.1, 0.15) is 49.4 Å². The van der Waals surface area contributed by atoms with Crippen molar-refractivity contribution in [2.24, 2.45) is 0 Å². The second-order valence-electron chi connectivity index (χ2n) is 13.1. The molecule has 1 atom stereocenters. The molecule has 0 N–H and O–H groups in total. The van der Waals surface area contributed by atoms with Gasteiger partial charge >= 0.3 is 31.3 Å². The normalized spacial score (nSPS) is 16.6. The lowest BCUT2D eigenvalue weighted by molar-refractivity contribution is -0.0504. The van der Waals surface area contributed by atoms with Crippen molar-refractivity contribution in [1.29, 1.82) is 0 Å². The van der Waals surface area contributed by atoms with E-state index in [1.807, 2.05) is 62.4 Å². The fraction of sp³-hybridized carbons (Fsp3) is 0.200. The molecular formula is C40H32F6O6S2. The molecule has 1 unspecified atom stereocenters. The van der Waals surface area contributed by atoms with Crippen LogP contribution in [-0.4, -0.2) is 27.9 Å². The van der Waals surface area contributed by atoms with Crippen molar-refractivity contribution in [3.8, 4) is 33.8 Å². The van der Waals surface area contributed by atoms with Crippen LogP contribution in [0, 0.1) is 6.92 Å². The maximum absolute atomic E-state index is 13.1. The monoisotopic (exact) mass is 786 g/mol. The lowest BCUT2D eigenvalue weighted by Crippen LogP contribution is -2.28. The Morgan fingerprint density at radius 2 is 1.15 bits per heavy atom. The highest BCUT2D eigenvalue weighted by Crippen LogP contribution is 2.46. The number of benzene rings is 5. The molecule has 282 valence electrons. The Bertz CT molecular complexity index is 2590. The number of halogens is 6. The van der Waals surface area contributed by atoms with Gasteiger partial charge in [-0.1, -0.05) is 86.7 Å². The lowest BCUT2D eigenvalue weighted by atomic mass is 9.75. The van der Waals surface area contributed by atoms with Gasteiger partial charge in [0.25, 0.3) is 0 Å². The van der Waals surface area contributed by atoms with Gasteiger partial charge in [-0.05, 0) is 123 Å². The van der Waals surface area contributed by atoms with E-state index < -0.39 is 48.2 Å². The molecule has 5 aromatic carbocycles. The van der Waals surface area contributed by atoms with Crippen LogP contribution in [0.5, 0.6) is 11.5 Å². The van der Waals surface area contributed by atoms with Gasteiger partial charge < -0.3 is 8.37 Å². The molecule has 0 spiro atoms. The van der Waals surface area contributed by atoms with Gasteiger partial charge in [-0.3, -0.25) is 0 Å². The minimum absolute atomic E-state index is 0.404. The number of hydrogen-bond acceptors (Lipinski definition) is 6. The molecule has 0 aromatic heterocycles. The van der Waals surface area contributed by atoms with Crippen molar-refractivity contribution in [2.45, 2.75) is 50.5 Å². The summed E-state index contributed by atoms with van der Waals surface area (Å²) in [7, 11) is -11.8. The minimum Gasteiger partial charge on any atom is -0.376 e. The quantitative estimate of drug-likeness (QED) is 0.0884. The zero-order valence-corrected chi connectivity index (χ0v) is 30.8. The Hall–Kier alpha value is -5.08. The summed E-state index contributed by atoms with van der Waals surface area (Å²) in [4.78, 5) is 0. The van der Waals surface area contributed by atoms with Crippen LogP contribution in [0.25, 0.3) is 38.6 Å². The molecular weight excluding hydrogens is 755 g/mol. The fourth-order valence-electron chi connectivity index (χ4n) is 6.51. The van der Waals surface area contributed by atoms with Crippen molar-refractivity contribution in [2.75, 3.05) is 0 Å². The zero-order chi connectivity index (χ0) is 39.4. The second kappa shape index (κ2) is 13.6. The number of alkyl halides is 6. The summed E-state index contributed by atoms with van der Waals surface area (Å²) in [5.74, 6) is -1.01. The molecule has 0 radical (unpaired) electrons. The van der Waals surface area contributed by atoms with Crippen molar-refractivity contribution in [1.82, 2.24) is 0 Å². The summed E-state index contributed by atoms with van der Waals surface area (Å²) in [5.41, 5.74) is -4.42. The van der Waals surface area contributed by atoms with Gasteiger partial charge in [0.05, 0.1) is 0 Å². The maximum atomic E-state index is 13.1. The Morgan fingerprint density at radius 1 is 0.648 bits per heavy atom. The number of aryl methyl sites for hydroxylation is 1. The second-order valence-corrected chi connectivity index (χ2v) is 16.2. The summed E-state index contributed by atoms with van der Waals surface area (Å²) in [5, 5.41) is 1.63. The molecule has 6 rings (SSSR count). The predicted octanol–water partition coefficient (Wildman–Crippen LogP) is 11.0. The summed E-state index contributed by atoms with van der Waals surface area (Å²) >= 11 is 0. The number of hydrogen-bond donors (Lipinski definition) is 0. The first-order valence-electron chi connectivity index (χ1n) is 16.5. The van der Waals surface area contributed by atoms with Crippen LogP contribution in [0.2, 0.25) is 0 Å². The SMILES string of the molecule is CCC1(C)C=CC(C)=C(c2c(C)ccc3ccc(-c4cccc(OS(=O)(=O)C(F)(F)F)c4)cc23)c2cc(-c3cccc(OS(=O)(=O)C(F)(F)F)c3)ccc21. The van der Waals surface area contributed by atoms with E-state index in [2.05, 4.69) is 28.3 Å². The first kappa shape index (κ1) is 38.6. The maximum Gasteiger partial charge on any atom is 0.534 e. The standard InChI is InChI=1S/C40H32F6O6S2/c1-5-38(4)19-18-25(3)37(34-23-30(16-17-35(34)38)28-9-7-11-32(21-28)52-54(49,50)40(44,45)46)36-24(2)12-13-26-14-15-29(22-33(26)36)27-8-6-10-31(20-27)51-53(47,48)39(41,42)43/h6-23H,5H2,1-4H3. The van der Waals surface area contributed by atoms with Crippen LogP contribution >= 0.6 is 0 Å². The third-order valence-electron chi connectivity index (χ3n) is 9.53. The fourth-order valence-corrected chi connectivity index (χ4v) is 7.41. The average molecular weight is 787 g/mol. The van der Waals surface area contributed by atoms with Gasteiger partial charge in [-0.15, -0.1) is 0 Å². The molecule has 6 nitrogen and oxygen atoms in total. The largest absolute Gasteiger partial charge is 0.534 e. The molecule has 0 amide bonds. The summed E-state index contributed by atoms with van der Waals surface area (Å²) in [6, 6.07) is 25.8. The van der Waals surface area contributed by atoms with Crippen LogP contribution in [0.4, 0.5) is 26.3 Å². The van der Waals surface area contributed by atoms with E-state index in [4.69, 9.17) is 0 Å². The highest BCUT2D eigenvalue weighted by molar-refractivity contribution is 7.88. The van der Waals surface area contributed by atoms with Crippen molar-refractivity contribution in [3.63, 3.8) is 0 Å². The third-order valence-corrected chi connectivity index (χ3v) is 11.5. The minimum atomic E-state index is -5.90. The van der Waals surface area contributed by atoms with Gasteiger partial charge in [-0.2, -0.15) is 43.2 Å². The van der Waals surface area contributed by atoms with E-state index in [9.17, 15) is 43.2 Å². The van der Waals surface area contributed by atoms with Gasteiger partial charge in [-0.25, -0.2) is 0 Å². The predicted molar refractivity (Wildman–Crippen MR) is 196 cm³/mol. The van der Waals surface area contributed by atoms with Crippen LogP contribution in [-0.2, 0) is 25.7 Å². The van der Waals surface area contributed by atoms with Crippen molar-refractivity contribution >= 4 is 36.6 Å². The van der Waals surface area contributed by atoms with Gasteiger partial charge in [0.1, 0.15) is 11.5 Å². The van der Waals surface area contributed by atoms with E-state index in [0.29, 0.717) is 22.3 Å². The van der Waals surface area contributed by atoms with Crippen LogP contribution < -0.4 is 8.37 Å². The van der Waals surface area contributed by atoms with E-state index in [1.54, 1.807) is 18.2 Å². The average Bonchev–Trinajstić information content (AvgIpc) is 3.20. The Kier molecular flexibility index (Phi) is 9.77. The highest BCUT2D eigenvalue weighted by Gasteiger charge is 2.49. The first-order valence-corrected chi connectivity index (χ1v) is 19.3. The van der Waals surface area contributed by atoms with E-state index in [-0.39, 0.29) is 0 Å². The lowest BCUT2D eigenvalue weighted by Gasteiger charge is -2.28. The molecule has 54 heavy (non-hydrogen) atoms. The summed E-state index contributed by atoms with van der Waals surface area (Å²) < 4.78 is 134. The Balaban J connectivity index is 1.53. The molecule has 1 aliphatic rings. The number of rotatable bonds is 8. The molecule has 0 aliphatic heterocycles. The molecule has 0 heterocycles. The summed E-state index contributed by atoms with van der Waals surface area (Å²) in [6.07, 6.45) is 4.88. The summed E-state index contributed by atoms with van der Waals surface area (Å²) in [6.45, 7) is 8.05. The molecule has 14 heteroatoms. The molecule has 5 aromatic rings. The van der Waals surface area contributed by atoms with Gasteiger partial charge in [0, 0.05) is 5.41 Å². The van der Waals surface area contributed by atoms with Crippen molar-refractivity contribution in [3.05, 3.63) is 137 Å². The molecule has 0 saturated heterocycles. The first-order chi connectivity index (χ1) is 25.1. The van der Waals surface area contributed by atoms with E-state index >= 15 is 0 Å². The van der Waals surface area contributed by atoms with Gasteiger partial charge in [0.15, 0.2) is 0 Å². The smallest absolute Gasteiger partial charge is 0.376 e. The Morgan fingerprint density at radius 3 is 1.69 bits per heavy atom. The van der Waals surface area contributed by atoms with Crippen LogP contribution in [0.3, 0.4) is 0 Å². The van der Waals surface area contributed by atoms with E-state index in [1.165, 1.54) is 24.3 Å². The Labute approximate surface area is 308 Å². The molecule has 0 saturated carbocycles. The number of fused-ring (bicyclic) bond motifs is 2. The van der Waals surface area contributed by atoms with E-state index in [0.717, 1.165) is 62.7 Å². The molecule has 1 aliphatic carbocycles. The van der Waals surface area contributed by atoms with Crippen molar-refractivity contribution < 1.29 is 51.5 Å². The molecule has 0 fully saturated rings. The third kappa shape index (κ3) is 7.24. The topological polar surface area (TPSA) is 86.7 Å². The molecule has 0 bridgehead atoms. The highest BCUT2D eigenvalue weighted by atomic mass is 32.2. The zero-order valence-electron chi connectivity index (χ0n) is 29.1. The van der Waals surface area contributed by atoms with Crippen LogP contribution in [0.15, 0.2) is 115 Å². The van der Waals surface area contributed by atoms with Gasteiger partial charge in [0.2, 0.25) is 0 Å². The number of allylic oxidation sites excluding steroid dienone is 3.